The molecule has 0 amide bonds. The number of thioether (sulfide) groups is 1. The molecule has 0 radical (unpaired) electrons. The number of carboxylic acid groups (broad SMARTS) is 1. The van der Waals surface area contributed by atoms with Crippen molar-refractivity contribution >= 4 is 23.5 Å². The van der Waals surface area contributed by atoms with Crippen LogP contribution in [0, 0.1) is 5.92 Å². The van der Waals surface area contributed by atoms with Gasteiger partial charge in [0.25, 0.3) is 0 Å². The summed E-state index contributed by atoms with van der Waals surface area (Å²) >= 11 is 0.611. The van der Waals surface area contributed by atoms with Crippen LogP contribution in [0.3, 0.4) is 0 Å². The summed E-state index contributed by atoms with van der Waals surface area (Å²) in [6.07, 6.45) is -2.24. The maximum absolute atomic E-state index is 12.3. The van der Waals surface area contributed by atoms with Crippen LogP contribution in [0.2, 0.25) is 0 Å². The molecule has 0 aliphatic rings. The first-order valence-electron chi connectivity index (χ1n) is 4.31. The molecule has 0 saturated carbocycles. The van der Waals surface area contributed by atoms with Crippen molar-refractivity contribution in [1.29, 1.82) is 0 Å². The highest BCUT2D eigenvalue weighted by Gasteiger charge is 2.45. The van der Waals surface area contributed by atoms with Crippen LogP contribution in [0.25, 0.3) is 0 Å². The van der Waals surface area contributed by atoms with Gasteiger partial charge in [-0.05, 0) is 0 Å². The molecule has 1 atom stereocenters. The van der Waals surface area contributed by atoms with Crippen molar-refractivity contribution in [2.75, 3.05) is 11.5 Å². The molecule has 5 nitrogen and oxygen atoms in total. The van der Waals surface area contributed by atoms with E-state index in [0.717, 1.165) is 0 Å². The van der Waals surface area contributed by atoms with Crippen molar-refractivity contribution in [3.63, 3.8) is 0 Å². The molecule has 94 valence electrons. The Morgan fingerprint density at radius 1 is 1.47 bits per heavy atom. The maximum Gasteiger partial charge on any atom is 0.403 e. The zero-order valence-corrected chi connectivity index (χ0v) is 9.13. The summed E-state index contributed by atoms with van der Waals surface area (Å²) < 4.78 is 36.9. The van der Waals surface area contributed by atoms with Gasteiger partial charge in [0.05, 0.1) is 0 Å². The van der Waals surface area contributed by atoms with Crippen molar-refractivity contribution in [2.24, 2.45) is 5.92 Å². The largest absolute Gasteiger partial charge is 0.481 e. The minimum atomic E-state index is -4.80. The first-order chi connectivity index (χ1) is 7.82. The van der Waals surface area contributed by atoms with Gasteiger partial charge in [0.1, 0.15) is 5.03 Å². The molecule has 0 fully saturated rings. The van der Waals surface area contributed by atoms with Crippen LogP contribution >= 0.6 is 11.8 Å². The van der Waals surface area contributed by atoms with Gasteiger partial charge in [-0.2, -0.15) is 13.2 Å². The van der Waals surface area contributed by atoms with Gasteiger partial charge in [-0.1, -0.05) is 0 Å². The SMILES string of the molecule is Nc1nccnc1SCC(C(=O)O)C(F)(F)F. The molecule has 1 heterocycles. The van der Waals surface area contributed by atoms with Gasteiger partial charge < -0.3 is 10.8 Å². The number of carboxylic acids is 1. The fourth-order valence-electron chi connectivity index (χ4n) is 0.915. The number of hydrogen-bond donors (Lipinski definition) is 2. The lowest BCUT2D eigenvalue weighted by molar-refractivity contribution is -0.188. The second-order valence-electron chi connectivity index (χ2n) is 2.99. The summed E-state index contributed by atoms with van der Waals surface area (Å²) in [5.74, 6) is -5.09. The van der Waals surface area contributed by atoms with Crippen LogP contribution in [0.5, 0.6) is 0 Å². The van der Waals surface area contributed by atoms with E-state index in [1.54, 1.807) is 0 Å². The number of anilines is 1. The van der Waals surface area contributed by atoms with Crippen LogP contribution in [-0.4, -0.2) is 33.0 Å². The number of rotatable bonds is 4. The van der Waals surface area contributed by atoms with Gasteiger partial charge in [0.2, 0.25) is 0 Å². The maximum atomic E-state index is 12.3. The average molecular weight is 267 g/mol. The highest BCUT2D eigenvalue weighted by molar-refractivity contribution is 7.99. The fraction of sp³-hybridized carbons (Fsp3) is 0.375. The number of nitrogens with zero attached hydrogens (tertiary/aromatic N) is 2. The monoisotopic (exact) mass is 267 g/mol. The van der Waals surface area contributed by atoms with E-state index in [1.165, 1.54) is 12.4 Å². The molecule has 1 rings (SSSR count). The molecule has 9 heteroatoms. The minimum Gasteiger partial charge on any atom is -0.481 e. The van der Waals surface area contributed by atoms with Crippen molar-refractivity contribution in [3.05, 3.63) is 12.4 Å². The molecule has 0 spiro atoms. The zero-order chi connectivity index (χ0) is 13.1. The molecular formula is C8H8F3N3O2S. The second-order valence-corrected chi connectivity index (χ2v) is 4.00. The van der Waals surface area contributed by atoms with Crippen molar-refractivity contribution < 1.29 is 23.1 Å². The van der Waals surface area contributed by atoms with Gasteiger partial charge in [0.15, 0.2) is 11.7 Å². The smallest absolute Gasteiger partial charge is 0.403 e. The highest BCUT2D eigenvalue weighted by atomic mass is 32.2. The van der Waals surface area contributed by atoms with Crippen molar-refractivity contribution in [1.82, 2.24) is 9.97 Å². The molecule has 1 aromatic rings. The number of aromatic nitrogens is 2. The van der Waals surface area contributed by atoms with Crippen LogP contribution in [0.4, 0.5) is 19.0 Å². The Bertz CT molecular complexity index is 413. The van der Waals surface area contributed by atoms with Gasteiger partial charge in [-0.15, -0.1) is 11.8 Å². The number of aliphatic carboxylic acids is 1. The first-order valence-corrected chi connectivity index (χ1v) is 5.29. The van der Waals surface area contributed by atoms with Gasteiger partial charge in [-0.25, -0.2) is 9.97 Å². The van der Waals surface area contributed by atoms with E-state index in [1.807, 2.05) is 0 Å². The molecular weight excluding hydrogens is 259 g/mol. The third-order valence-electron chi connectivity index (χ3n) is 1.77. The third-order valence-corrected chi connectivity index (χ3v) is 2.86. The standard InChI is InChI=1S/C8H8F3N3O2S/c9-8(10,11)4(7(15)16)3-17-6-5(12)13-1-2-14-6/h1-2,4H,3H2,(H2,12,13)(H,15,16). The van der Waals surface area contributed by atoms with Crippen LogP contribution in [0.15, 0.2) is 17.4 Å². The van der Waals surface area contributed by atoms with E-state index in [4.69, 9.17) is 10.8 Å². The molecule has 0 aromatic carbocycles. The van der Waals surface area contributed by atoms with E-state index >= 15 is 0 Å². The van der Waals surface area contributed by atoms with E-state index < -0.39 is 23.8 Å². The van der Waals surface area contributed by atoms with E-state index in [0.29, 0.717) is 11.8 Å². The van der Waals surface area contributed by atoms with E-state index in [9.17, 15) is 18.0 Å². The Morgan fingerprint density at radius 2 is 2.06 bits per heavy atom. The summed E-state index contributed by atoms with van der Waals surface area (Å²) in [6, 6.07) is 0. The van der Waals surface area contributed by atoms with Crippen molar-refractivity contribution in [2.45, 2.75) is 11.2 Å². The molecule has 3 N–H and O–H groups in total. The van der Waals surface area contributed by atoms with Crippen LogP contribution in [-0.2, 0) is 4.79 Å². The van der Waals surface area contributed by atoms with E-state index in [2.05, 4.69) is 9.97 Å². The summed E-state index contributed by atoms with van der Waals surface area (Å²) in [5, 5.41) is 8.54. The molecule has 0 bridgehead atoms. The minimum absolute atomic E-state index is 0.0242. The Balaban J connectivity index is 2.72. The normalized spacial score (nSPS) is 13.4. The highest BCUT2D eigenvalue weighted by Crippen LogP contribution is 2.32. The Kier molecular flexibility index (Phi) is 4.16. The molecule has 1 unspecified atom stereocenters. The molecule has 17 heavy (non-hydrogen) atoms. The topological polar surface area (TPSA) is 89.1 Å². The lowest BCUT2D eigenvalue weighted by Crippen LogP contribution is -2.32. The summed E-state index contributed by atoms with van der Waals surface area (Å²) in [7, 11) is 0. The third kappa shape index (κ3) is 3.77. The second kappa shape index (κ2) is 5.21. The fourth-order valence-corrected chi connectivity index (χ4v) is 1.91. The molecule has 0 aliphatic carbocycles. The number of nitrogen functional groups attached to an aromatic ring is 1. The predicted octanol–water partition coefficient (Wildman–Crippen LogP) is 1.41. The van der Waals surface area contributed by atoms with Crippen LogP contribution in [0.1, 0.15) is 0 Å². The number of carbonyl (C=O) groups is 1. The van der Waals surface area contributed by atoms with Gasteiger partial charge in [-0.3, -0.25) is 4.79 Å². The summed E-state index contributed by atoms with van der Waals surface area (Å²) in [5.41, 5.74) is 5.37. The number of hydrogen-bond acceptors (Lipinski definition) is 5. The summed E-state index contributed by atoms with van der Waals surface area (Å²) in [6.45, 7) is 0. The molecule has 0 saturated heterocycles. The summed E-state index contributed by atoms with van der Waals surface area (Å²) in [4.78, 5) is 17.8. The molecule has 0 aliphatic heterocycles. The first kappa shape index (κ1) is 13.6. The van der Waals surface area contributed by atoms with E-state index in [-0.39, 0.29) is 10.8 Å². The average Bonchev–Trinajstić information content (AvgIpc) is 2.18. The van der Waals surface area contributed by atoms with Gasteiger partial charge >= 0.3 is 12.1 Å². The quantitative estimate of drug-likeness (QED) is 0.802. The Labute approximate surface area is 98.2 Å². The van der Waals surface area contributed by atoms with Crippen LogP contribution < -0.4 is 5.73 Å². The Hall–Kier alpha value is -1.51. The van der Waals surface area contributed by atoms with Gasteiger partial charge in [0, 0.05) is 18.1 Å². The Morgan fingerprint density at radius 3 is 2.53 bits per heavy atom. The number of halogens is 3. The lowest BCUT2D eigenvalue weighted by Gasteiger charge is -2.15. The number of nitrogens with two attached hydrogens (primary N) is 1. The lowest BCUT2D eigenvalue weighted by atomic mass is 10.2. The predicted molar refractivity (Wildman–Crippen MR) is 54.3 cm³/mol. The zero-order valence-electron chi connectivity index (χ0n) is 8.31. The van der Waals surface area contributed by atoms with Crippen molar-refractivity contribution in [3.8, 4) is 0 Å². The molecule has 1 aromatic heterocycles. The number of alkyl halides is 3.